The number of methoxy groups -OCH3 is 1. The standard InChI is InChI=1S/C19H23N7O5/c1-21-13(27)9-22-17(28)12-5-3-11(4-6-12)10-26-16-14(23-19(26)29)15(20)24-18(25-16)31-8-7-30-2/h3-6H,7-10H2,1-2H3,(H,21,27)(H,22,28)(H,23,29)(H2,20,24,25). The van der Waals surface area contributed by atoms with E-state index in [2.05, 4.69) is 25.6 Å². The average molecular weight is 429 g/mol. The van der Waals surface area contributed by atoms with Crippen LogP contribution in [0.4, 0.5) is 5.82 Å². The van der Waals surface area contributed by atoms with Gasteiger partial charge in [-0.25, -0.2) is 0 Å². The molecule has 12 nitrogen and oxygen atoms in total. The van der Waals surface area contributed by atoms with Crippen molar-refractivity contribution in [2.45, 2.75) is 6.54 Å². The molecule has 3 aromatic rings. The van der Waals surface area contributed by atoms with Gasteiger partial charge in [0, 0.05) is 19.7 Å². The van der Waals surface area contributed by atoms with E-state index in [0.29, 0.717) is 17.8 Å². The first-order valence-electron chi connectivity index (χ1n) is 9.35. The summed E-state index contributed by atoms with van der Waals surface area (Å²) in [5.41, 5.74) is 7.66. The number of carbonyl (C=O) groups is 2. The zero-order valence-electron chi connectivity index (χ0n) is 17.1. The van der Waals surface area contributed by atoms with Crippen molar-refractivity contribution in [2.75, 3.05) is 39.6 Å². The number of aromatic hydroxyl groups is 1. The third-order valence-corrected chi connectivity index (χ3v) is 4.34. The third-order valence-electron chi connectivity index (χ3n) is 4.34. The van der Waals surface area contributed by atoms with E-state index < -0.39 is 0 Å². The molecule has 2 heterocycles. The second-order valence-electron chi connectivity index (χ2n) is 6.46. The maximum absolute atomic E-state index is 12.1. The molecule has 0 saturated carbocycles. The Morgan fingerprint density at radius 3 is 2.58 bits per heavy atom. The van der Waals surface area contributed by atoms with Crippen molar-refractivity contribution in [3.8, 4) is 12.0 Å². The summed E-state index contributed by atoms with van der Waals surface area (Å²) < 4.78 is 11.8. The van der Waals surface area contributed by atoms with Crippen LogP contribution in [0.3, 0.4) is 0 Å². The van der Waals surface area contributed by atoms with Gasteiger partial charge in [0.25, 0.3) is 11.9 Å². The summed E-state index contributed by atoms with van der Waals surface area (Å²) in [4.78, 5) is 35.7. The second-order valence-corrected chi connectivity index (χ2v) is 6.46. The highest BCUT2D eigenvalue weighted by molar-refractivity contribution is 5.96. The maximum atomic E-state index is 12.1. The number of anilines is 1. The highest BCUT2D eigenvalue weighted by atomic mass is 16.5. The van der Waals surface area contributed by atoms with E-state index in [-0.39, 0.29) is 54.9 Å². The molecule has 1 aromatic carbocycles. The van der Waals surface area contributed by atoms with Gasteiger partial charge in [0.15, 0.2) is 17.0 Å². The summed E-state index contributed by atoms with van der Waals surface area (Å²) in [6.45, 7) is 0.707. The Labute approximate surface area is 177 Å². The number of fused-ring (bicyclic) bond motifs is 1. The number of imidazole rings is 1. The van der Waals surface area contributed by atoms with Gasteiger partial charge in [-0.3, -0.25) is 14.2 Å². The van der Waals surface area contributed by atoms with Gasteiger partial charge in [-0.2, -0.15) is 15.0 Å². The van der Waals surface area contributed by atoms with E-state index in [4.69, 9.17) is 15.2 Å². The summed E-state index contributed by atoms with van der Waals surface area (Å²) >= 11 is 0. The number of rotatable bonds is 9. The summed E-state index contributed by atoms with van der Waals surface area (Å²) in [6.07, 6.45) is 0. The van der Waals surface area contributed by atoms with Crippen LogP contribution in [-0.4, -0.2) is 70.4 Å². The SMILES string of the molecule is CNC(=O)CNC(=O)c1ccc(Cn2c(O)nc3c(N)nc(OCCOC)nc32)cc1. The van der Waals surface area contributed by atoms with Crippen molar-refractivity contribution in [2.24, 2.45) is 0 Å². The number of aromatic nitrogens is 4. The molecule has 2 aromatic heterocycles. The van der Waals surface area contributed by atoms with Gasteiger partial charge in [0.2, 0.25) is 5.91 Å². The number of hydrogen-bond acceptors (Lipinski definition) is 9. The summed E-state index contributed by atoms with van der Waals surface area (Å²) in [5, 5.41) is 15.2. The van der Waals surface area contributed by atoms with Crippen molar-refractivity contribution in [3.05, 3.63) is 35.4 Å². The topological polar surface area (TPSA) is 167 Å². The minimum absolute atomic E-state index is 0.0475. The van der Waals surface area contributed by atoms with Gasteiger partial charge < -0.3 is 30.9 Å². The molecule has 0 radical (unpaired) electrons. The molecule has 12 heteroatoms. The van der Waals surface area contributed by atoms with Crippen molar-refractivity contribution in [3.63, 3.8) is 0 Å². The third kappa shape index (κ3) is 5.17. The van der Waals surface area contributed by atoms with Crippen LogP contribution in [0.5, 0.6) is 12.0 Å². The van der Waals surface area contributed by atoms with Gasteiger partial charge in [0.1, 0.15) is 6.61 Å². The van der Waals surface area contributed by atoms with Gasteiger partial charge in [-0.1, -0.05) is 12.1 Å². The van der Waals surface area contributed by atoms with Gasteiger partial charge in [-0.05, 0) is 17.7 Å². The molecule has 0 aliphatic carbocycles. The number of carbonyl (C=O) groups excluding carboxylic acids is 2. The van der Waals surface area contributed by atoms with Crippen molar-refractivity contribution in [1.29, 1.82) is 0 Å². The molecule has 0 spiro atoms. The van der Waals surface area contributed by atoms with E-state index >= 15 is 0 Å². The molecule has 0 aliphatic rings. The summed E-state index contributed by atoms with van der Waals surface area (Å²) in [6, 6.07) is 6.45. The van der Waals surface area contributed by atoms with Crippen LogP contribution < -0.4 is 21.1 Å². The lowest BCUT2D eigenvalue weighted by Crippen LogP contribution is -2.35. The van der Waals surface area contributed by atoms with Crippen molar-refractivity contribution >= 4 is 28.8 Å². The minimum Gasteiger partial charge on any atom is -0.480 e. The van der Waals surface area contributed by atoms with E-state index in [1.54, 1.807) is 31.4 Å². The van der Waals surface area contributed by atoms with E-state index in [1.807, 2.05) is 0 Å². The number of ether oxygens (including phenoxy) is 2. The smallest absolute Gasteiger partial charge is 0.320 e. The molecule has 0 unspecified atom stereocenters. The Bertz CT molecular complexity index is 1080. The number of benzene rings is 1. The van der Waals surface area contributed by atoms with Crippen molar-refractivity contribution in [1.82, 2.24) is 30.2 Å². The average Bonchev–Trinajstić information content (AvgIpc) is 3.08. The fourth-order valence-corrected chi connectivity index (χ4v) is 2.71. The number of hydrogen-bond donors (Lipinski definition) is 4. The lowest BCUT2D eigenvalue weighted by Gasteiger charge is -2.09. The van der Waals surface area contributed by atoms with Crippen LogP contribution in [-0.2, 0) is 16.1 Å². The summed E-state index contributed by atoms with van der Waals surface area (Å²) in [5.74, 6) is -0.585. The van der Waals surface area contributed by atoms with Crippen LogP contribution >= 0.6 is 0 Å². The van der Waals surface area contributed by atoms with Gasteiger partial charge in [0.05, 0.1) is 19.7 Å². The number of nitrogens with one attached hydrogen (secondary N) is 2. The fraction of sp³-hybridized carbons (Fsp3) is 0.316. The normalized spacial score (nSPS) is 10.8. The predicted octanol–water partition coefficient (Wildman–Crippen LogP) is -0.337. The molecule has 5 N–H and O–H groups in total. The van der Waals surface area contributed by atoms with Crippen LogP contribution in [0.2, 0.25) is 0 Å². The number of likely N-dealkylation sites (N-methyl/N-ethyl adjacent to an activating group) is 1. The first-order chi connectivity index (χ1) is 14.9. The van der Waals surface area contributed by atoms with E-state index in [1.165, 1.54) is 11.6 Å². The lowest BCUT2D eigenvalue weighted by molar-refractivity contribution is -0.119. The number of nitrogens with two attached hydrogens (primary N) is 1. The zero-order chi connectivity index (χ0) is 22.4. The fourth-order valence-electron chi connectivity index (χ4n) is 2.71. The molecule has 164 valence electrons. The number of nitrogen functional groups attached to an aromatic ring is 1. The van der Waals surface area contributed by atoms with Crippen LogP contribution in [0.1, 0.15) is 15.9 Å². The molecule has 0 saturated heterocycles. The molecule has 0 fully saturated rings. The Kier molecular flexibility index (Phi) is 6.82. The molecular weight excluding hydrogens is 406 g/mol. The molecule has 0 aliphatic heterocycles. The van der Waals surface area contributed by atoms with Crippen LogP contribution in [0.25, 0.3) is 11.2 Å². The van der Waals surface area contributed by atoms with Crippen LogP contribution in [0, 0.1) is 0 Å². The van der Waals surface area contributed by atoms with Gasteiger partial charge in [-0.15, -0.1) is 0 Å². The number of nitrogens with zero attached hydrogens (tertiary/aromatic N) is 4. The van der Waals surface area contributed by atoms with Crippen molar-refractivity contribution < 1.29 is 24.2 Å². The largest absolute Gasteiger partial charge is 0.480 e. The zero-order valence-corrected chi connectivity index (χ0v) is 17.1. The molecule has 2 amide bonds. The monoisotopic (exact) mass is 429 g/mol. The Hall–Kier alpha value is -3.93. The Morgan fingerprint density at radius 2 is 1.90 bits per heavy atom. The van der Waals surface area contributed by atoms with E-state index in [9.17, 15) is 14.7 Å². The van der Waals surface area contributed by atoms with E-state index in [0.717, 1.165) is 5.56 Å². The van der Waals surface area contributed by atoms with Crippen LogP contribution in [0.15, 0.2) is 24.3 Å². The highest BCUT2D eigenvalue weighted by Crippen LogP contribution is 2.25. The molecule has 31 heavy (non-hydrogen) atoms. The quantitative estimate of drug-likeness (QED) is 0.333. The first-order valence-corrected chi connectivity index (χ1v) is 9.35. The maximum Gasteiger partial charge on any atom is 0.320 e. The molecule has 0 atom stereocenters. The molecule has 0 bridgehead atoms. The molecule has 3 rings (SSSR count). The lowest BCUT2D eigenvalue weighted by atomic mass is 10.1. The Balaban J connectivity index is 1.78. The van der Waals surface area contributed by atoms with Gasteiger partial charge >= 0.3 is 6.01 Å². The predicted molar refractivity (Wildman–Crippen MR) is 111 cm³/mol. The molecular formula is C19H23N7O5. The second kappa shape index (κ2) is 9.71. The minimum atomic E-state index is -0.371. The number of amides is 2. The summed E-state index contributed by atoms with van der Waals surface area (Å²) in [7, 11) is 3.04. The first kappa shape index (κ1) is 21.8. The highest BCUT2D eigenvalue weighted by Gasteiger charge is 2.17. The Morgan fingerprint density at radius 1 is 1.16 bits per heavy atom.